The van der Waals surface area contributed by atoms with Gasteiger partial charge in [-0.15, -0.1) is 0 Å². The lowest BCUT2D eigenvalue weighted by molar-refractivity contribution is 0.107. The molecule has 5 nitrogen and oxygen atoms in total. The number of hydrogen-bond acceptors (Lipinski definition) is 5. The Morgan fingerprint density at radius 1 is 0.676 bits per heavy atom. The van der Waals surface area contributed by atoms with Gasteiger partial charge < -0.3 is 25.0 Å². The van der Waals surface area contributed by atoms with Crippen LogP contribution >= 0.6 is 0 Å². The SMILES string of the molecule is CCC(CC)Cc1c(C)c(NCCOCCOc2c(C)c(C)c(O)c(C)c2C)c(C)c(C)c1O. The normalized spacial score (nSPS) is 11.4. The first-order valence-electron chi connectivity index (χ1n) is 12.6. The highest BCUT2D eigenvalue weighted by molar-refractivity contribution is 5.67. The second-order valence-corrected chi connectivity index (χ2v) is 9.53. The van der Waals surface area contributed by atoms with E-state index in [2.05, 4.69) is 33.0 Å². The van der Waals surface area contributed by atoms with Crippen LogP contribution in [0.5, 0.6) is 17.2 Å². The van der Waals surface area contributed by atoms with Crippen molar-refractivity contribution in [1.82, 2.24) is 0 Å². The van der Waals surface area contributed by atoms with Gasteiger partial charge in [-0.3, -0.25) is 0 Å². The lowest BCUT2D eigenvalue weighted by Crippen LogP contribution is -2.16. The number of phenolic OH excluding ortho intramolecular Hbond substituents is 2. The van der Waals surface area contributed by atoms with E-state index < -0.39 is 0 Å². The molecule has 0 aliphatic heterocycles. The van der Waals surface area contributed by atoms with Crippen LogP contribution in [-0.2, 0) is 11.2 Å². The molecular weight excluding hydrogens is 426 g/mol. The van der Waals surface area contributed by atoms with Crippen LogP contribution in [0.1, 0.15) is 71.2 Å². The monoisotopic (exact) mass is 471 g/mol. The first-order chi connectivity index (χ1) is 16.1. The fourth-order valence-electron chi connectivity index (χ4n) is 4.61. The molecule has 0 aliphatic rings. The maximum absolute atomic E-state index is 10.8. The Labute approximate surface area is 206 Å². The summed E-state index contributed by atoms with van der Waals surface area (Å²) in [6, 6.07) is 0. The van der Waals surface area contributed by atoms with Crippen LogP contribution in [0.15, 0.2) is 0 Å². The van der Waals surface area contributed by atoms with E-state index in [9.17, 15) is 10.2 Å². The third kappa shape index (κ3) is 5.99. The molecule has 3 N–H and O–H groups in total. The molecule has 0 unspecified atom stereocenters. The zero-order valence-electron chi connectivity index (χ0n) is 22.7. The van der Waals surface area contributed by atoms with Crippen molar-refractivity contribution in [1.29, 1.82) is 0 Å². The molecule has 0 aliphatic carbocycles. The van der Waals surface area contributed by atoms with Gasteiger partial charge in [-0.25, -0.2) is 0 Å². The second-order valence-electron chi connectivity index (χ2n) is 9.53. The lowest BCUT2D eigenvalue weighted by Gasteiger charge is -2.23. The van der Waals surface area contributed by atoms with Gasteiger partial charge in [-0.05, 0) is 105 Å². The number of rotatable bonds is 12. The molecule has 0 amide bonds. The highest BCUT2D eigenvalue weighted by Crippen LogP contribution is 2.38. The van der Waals surface area contributed by atoms with Gasteiger partial charge in [0.05, 0.1) is 13.2 Å². The van der Waals surface area contributed by atoms with Crippen LogP contribution in [0.2, 0.25) is 0 Å². The molecular formula is C29H45NO4. The number of nitrogens with one attached hydrogen (secondary N) is 1. The van der Waals surface area contributed by atoms with E-state index in [-0.39, 0.29) is 0 Å². The summed E-state index contributed by atoms with van der Waals surface area (Å²) in [5.41, 5.74) is 9.03. The molecule has 0 heterocycles. The number of hydrogen-bond donors (Lipinski definition) is 3. The van der Waals surface area contributed by atoms with Crippen LogP contribution in [-0.4, -0.2) is 36.6 Å². The van der Waals surface area contributed by atoms with Gasteiger partial charge in [0.15, 0.2) is 0 Å². The summed E-state index contributed by atoms with van der Waals surface area (Å²) >= 11 is 0. The Morgan fingerprint density at radius 3 is 1.79 bits per heavy atom. The Hall–Kier alpha value is -2.40. The van der Waals surface area contributed by atoms with E-state index in [1.54, 1.807) is 0 Å². The van der Waals surface area contributed by atoms with Crippen molar-refractivity contribution in [2.75, 3.05) is 31.7 Å². The fraction of sp³-hybridized carbons (Fsp3) is 0.586. The molecule has 0 saturated heterocycles. The van der Waals surface area contributed by atoms with Crippen LogP contribution in [0.25, 0.3) is 0 Å². The maximum atomic E-state index is 10.8. The molecule has 34 heavy (non-hydrogen) atoms. The number of aromatic hydroxyl groups is 2. The van der Waals surface area contributed by atoms with Gasteiger partial charge in [0.25, 0.3) is 0 Å². The Kier molecular flexibility index (Phi) is 10.1. The van der Waals surface area contributed by atoms with Crippen molar-refractivity contribution in [2.24, 2.45) is 5.92 Å². The summed E-state index contributed by atoms with van der Waals surface area (Å²) in [6.07, 6.45) is 3.13. The Morgan fingerprint density at radius 2 is 1.24 bits per heavy atom. The summed E-state index contributed by atoms with van der Waals surface area (Å²) in [5.74, 6) is 2.22. The minimum absolute atomic E-state index is 0.350. The Bertz CT molecular complexity index is 964. The molecule has 0 aromatic heterocycles. The average molecular weight is 472 g/mol. The molecule has 0 fully saturated rings. The predicted molar refractivity (Wildman–Crippen MR) is 142 cm³/mol. The van der Waals surface area contributed by atoms with Gasteiger partial charge >= 0.3 is 0 Å². The molecule has 0 bridgehead atoms. The van der Waals surface area contributed by atoms with Gasteiger partial charge in [-0.2, -0.15) is 0 Å². The summed E-state index contributed by atoms with van der Waals surface area (Å²) in [6.45, 7) is 20.6. The van der Waals surface area contributed by atoms with Crippen molar-refractivity contribution in [3.8, 4) is 17.2 Å². The van der Waals surface area contributed by atoms with Gasteiger partial charge in [0.2, 0.25) is 0 Å². The van der Waals surface area contributed by atoms with E-state index >= 15 is 0 Å². The van der Waals surface area contributed by atoms with Crippen LogP contribution in [0.4, 0.5) is 5.69 Å². The van der Waals surface area contributed by atoms with E-state index in [0.717, 1.165) is 75.2 Å². The molecule has 2 rings (SSSR count). The van der Waals surface area contributed by atoms with E-state index in [1.165, 1.54) is 0 Å². The molecule has 0 atom stereocenters. The van der Waals surface area contributed by atoms with Crippen molar-refractivity contribution in [3.63, 3.8) is 0 Å². The van der Waals surface area contributed by atoms with Crippen molar-refractivity contribution < 1.29 is 19.7 Å². The Balaban J connectivity index is 1.93. The fourth-order valence-corrected chi connectivity index (χ4v) is 4.61. The highest BCUT2D eigenvalue weighted by Gasteiger charge is 2.19. The largest absolute Gasteiger partial charge is 0.507 e. The first-order valence-corrected chi connectivity index (χ1v) is 12.6. The molecule has 0 radical (unpaired) electrons. The summed E-state index contributed by atoms with van der Waals surface area (Å²) < 4.78 is 11.8. The van der Waals surface area contributed by atoms with Crippen molar-refractivity contribution in [2.45, 2.75) is 81.6 Å². The molecule has 0 spiro atoms. The smallest absolute Gasteiger partial charge is 0.126 e. The topological polar surface area (TPSA) is 71.0 Å². The minimum Gasteiger partial charge on any atom is -0.507 e. The van der Waals surface area contributed by atoms with E-state index in [4.69, 9.17) is 9.47 Å². The van der Waals surface area contributed by atoms with Gasteiger partial charge in [0, 0.05) is 12.2 Å². The van der Waals surface area contributed by atoms with Crippen LogP contribution in [0, 0.1) is 54.4 Å². The zero-order chi connectivity index (χ0) is 25.6. The molecule has 2 aromatic rings. The third-order valence-electron chi connectivity index (χ3n) is 7.59. The van der Waals surface area contributed by atoms with Crippen molar-refractivity contribution >= 4 is 5.69 Å². The lowest BCUT2D eigenvalue weighted by atomic mass is 9.88. The molecule has 5 heteroatoms. The summed E-state index contributed by atoms with van der Waals surface area (Å²) in [5, 5.41) is 24.5. The van der Waals surface area contributed by atoms with Crippen LogP contribution < -0.4 is 10.1 Å². The molecule has 2 aromatic carbocycles. The molecule has 190 valence electrons. The predicted octanol–water partition coefficient (Wildman–Crippen LogP) is 6.74. The average Bonchev–Trinajstić information content (AvgIpc) is 2.83. The number of benzene rings is 2. The third-order valence-corrected chi connectivity index (χ3v) is 7.59. The van der Waals surface area contributed by atoms with Gasteiger partial charge in [0.1, 0.15) is 23.9 Å². The minimum atomic E-state index is 0.350. The highest BCUT2D eigenvalue weighted by atomic mass is 16.5. The standard InChI is InChI=1S/C29H45NO4/c1-10-24(11-2)16-25-23(9)26(17(3)18(4)28(25)32)30-12-13-33-14-15-34-29-21(7)19(5)27(31)20(6)22(29)8/h24,30-32H,10-16H2,1-9H3. The van der Waals surface area contributed by atoms with Crippen LogP contribution in [0.3, 0.4) is 0 Å². The maximum Gasteiger partial charge on any atom is 0.126 e. The van der Waals surface area contributed by atoms with Crippen molar-refractivity contribution in [3.05, 3.63) is 44.5 Å². The van der Waals surface area contributed by atoms with E-state index in [0.29, 0.717) is 43.8 Å². The number of anilines is 1. The summed E-state index contributed by atoms with van der Waals surface area (Å²) in [4.78, 5) is 0. The second kappa shape index (κ2) is 12.3. The summed E-state index contributed by atoms with van der Waals surface area (Å²) in [7, 11) is 0. The first kappa shape index (κ1) is 27.8. The van der Waals surface area contributed by atoms with Gasteiger partial charge in [-0.1, -0.05) is 26.7 Å². The molecule has 0 saturated carbocycles. The number of phenols is 2. The number of ether oxygens (including phenoxy) is 2. The quantitative estimate of drug-likeness (QED) is 0.236. The zero-order valence-corrected chi connectivity index (χ0v) is 22.7. The van der Waals surface area contributed by atoms with E-state index in [1.807, 2.05) is 34.6 Å².